The maximum atomic E-state index is 3.54. The lowest BCUT2D eigenvalue weighted by Gasteiger charge is -2.28. The number of fused-ring (bicyclic) bond motifs is 2. The predicted molar refractivity (Wildman–Crippen MR) is 75.8 cm³/mol. The molecule has 0 saturated carbocycles. The predicted octanol–water partition coefficient (Wildman–Crippen LogP) is 1.54. The Morgan fingerprint density at radius 1 is 1.11 bits per heavy atom. The monoisotopic (exact) mass is 251 g/mol. The molecule has 3 heterocycles. The molecule has 0 radical (unpaired) electrons. The van der Waals surface area contributed by atoms with Crippen LogP contribution in [0.2, 0.25) is 0 Å². The van der Waals surface area contributed by atoms with E-state index in [-0.39, 0.29) is 0 Å². The minimum atomic E-state index is 0.849. The van der Waals surface area contributed by atoms with Gasteiger partial charge in [-0.25, -0.2) is 0 Å². The van der Waals surface area contributed by atoms with Gasteiger partial charge in [-0.05, 0) is 77.7 Å². The maximum absolute atomic E-state index is 3.54. The second-order valence-electron chi connectivity index (χ2n) is 6.64. The summed E-state index contributed by atoms with van der Waals surface area (Å²) in [6.45, 7) is 6.51. The maximum Gasteiger partial charge on any atom is 0.0223 e. The summed E-state index contributed by atoms with van der Waals surface area (Å²) in [6, 6.07) is 1.73. The highest BCUT2D eigenvalue weighted by atomic mass is 15.3. The van der Waals surface area contributed by atoms with Crippen LogP contribution in [0.15, 0.2) is 0 Å². The summed E-state index contributed by atoms with van der Waals surface area (Å²) in [7, 11) is 2.34. The molecule has 2 bridgehead atoms. The number of hydrogen-bond donors (Lipinski definition) is 1. The van der Waals surface area contributed by atoms with E-state index in [0.29, 0.717) is 0 Å². The third kappa shape index (κ3) is 2.89. The highest BCUT2D eigenvalue weighted by molar-refractivity contribution is 4.91. The molecule has 0 aromatic heterocycles. The summed E-state index contributed by atoms with van der Waals surface area (Å²) in [5, 5.41) is 3.54. The molecule has 0 aromatic carbocycles. The molecule has 3 atom stereocenters. The van der Waals surface area contributed by atoms with Crippen molar-refractivity contribution in [3.05, 3.63) is 0 Å². The van der Waals surface area contributed by atoms with Gasteiger partial charge in [-0.3, -0.25) is 4.90 Å². The first-order valence-corrected chi connectivity index (χ1v) is 7.98. The van der Waals surface area contributed by atoms with Crippen molar-refractivity contribution in [2.75, 3.05) is 39.8 Å². The van der Waals surface area contributed by atoms with Crippen molar-refractivity contribution >= 4 is 0 Å². The van der Waals surface area contributed by atoms with Gasteiger partial charge < -0.3 is 10.2 Å². The number of nitrogens with zero attached hydrogens (tertiary/aromatic N) is 2. The van der Waals surface area contributed by atoms with Gasteiger partial charge in [-0.15, -0.1) is 0 Å². The zero-order chi connectivity index (χ0) is 12.4. The Kier molecular flexibility index (Phi) is 4.22. The van der Waals surface area contributed by atoms with Crippen LogP contribution in [0, 0.1) is 5.92 Å². The molecule has 104 valence electrons. The normalized spacial score (nSPS) is 38.8. The highest BCUT2D eigenvalue weighted by Crippen LogP contribution is 2.28. The molecule has 3 nitrogen and oxygen atoms in total. The van der Waals surface area contributed by atoms with E-state index >= 15 is 0 Å². The summed E-state index contributed by atoms with van der Waals surface area (Å²) in [5.74, 6) is 0.942. The van der Waals surface area contributed by atoms with Crippen LogP contribution in [-0.4, -0.2) is 61.7 Å². The zero-order valence-electron chi connectivity index (χ0n) is 11.9. The van der Waals surface area contributed by atoms with Gasteiger partial charge in [-0.2, -0.15) is 0 Å². The number of rotatable bonds is 3. The van der Waals surface area contributed by atoms with Gasteiger partial charge in [0.2, 0.25) is 0 Å². The van der Waals surface area contributed by atoms with E-state index in [1.54, 1.807) is 0 Å². The van der Waals surface area contributed by atoms with Crippen LogP contribution in [0.25, 0.3) is 0 Å². The second-order valence-corrected chi connectivity index (χ2v) is 6.64. The van der Waals surface area contributed by atoms with Crippen LogP contribution in [-0.2, 0) is 0 Å². The van der Waals surface area contributed by atoms with Crippen LogP contribution < -0.4 is 5.32 Å². The Morgan fingerprint density at radius 3 is 2.83 bits per heavy atom. The molecule has 1 N–H and O–H groups in total. The average Bonchev–Trinajstić information content (AvgIpc) is 2.64. The van der Waals surface area contributed by atoms with Crippen molar-refractivity contribution in [2.24, 2.45) is 5.92 Å². The molecular weight excluding hydrogens is 222 g/mol. The Balaban J connectivity index is 1.45. The molecule has 3 saturated heterocycles. The van der Waals surface area contributed by atoms with E-state index in [4.69, 9.17) is 0 Å². The zero-order valence-corrected chi connectivity index (χ0v) is 11.9. The van der Waals surface area contributed by atoms with Gasteiger partial charge >= 0.3 is 0 Å². The molecule has 3 fully saturated rings. The molecule has 0 amide bonds. The molecule has 3 aliphatic rings. The molecular formula is C15H29N3. The van der Waals surface area contributed by atoms with E-state index in [9.17, 15) is 0 Å². The van der Waals surface area contributed by atoms with Gasteiger partial charge in [-0.1, -0.05) is 0 Å². The summed E-state index contributed by atoms with van der Waals surface area (Å²) >= 11 is 0. The van der Waals surface area contributed by atoms with Crippen molar-refractivity contribution in [3.63, 3.8) is 0 Å². The smallest absolute Gasteiger partial charge is 0.0223 e. The summed E-state index contributed by atoms with van der Waals surface area (Å²) in [6.07, 6.45) is 8.53. The first-order valence-electron chi connectivity index (χ1n) is 7.98. The number of piperidine rings is 1. The van der Waals surface area contributed by atoms with E-state index in [1.807, 2.05) is 0 Å². The fourth-order valence-electron chi connectivity index (χ4n) is 4.12. The lowest BCUT2D eigenvalue weighted by molar-refractivity contribution is 0.204. The molecule has 0 aliphatic carbocycles. The van der Waals surface area contributed by atoms with Crippen LogP contribution in [0.1, 0.15) is 38.5 Å². The Labute approximate surface area is 112 Å². The molecule has 3 unspecified atom stereocenters. The van der Waals surface area contributed by atoms with Crippen LogP contribution in [0.4, 0.5) is 0 Å². The first-order chi connectivity index (χ1) is 8.83. The van der Waals surface area contributed by atoms with Crippen molar-refractivity contribution in [1.82, 2.24) is 15.1 Å². The SMILES string of the molecule is CN1C2CCC1CN(CCC1CCCNC1)CC2. The van der Waals surface area contributed by atoms with Gasteiger partial charge in [0.25, 0.3) is 0 Å². The van der Waals surface area contributed by atoms with Gasteiger partial charge in [0.05, 0.1) is 0 Å². The third-order valence-corrected chi connectivity index (χ3v) is 5.49. The summed E-state index contributed by atoms with van der Waals surface area (Å²) in [4.78, 5) is 5.40. The topological polar surface area (TPSA) is 18.5 Å². The number of likely N-dealkylation sites (tertiary alicyclic amines) is 1. The van der Waals surface area contributed by atoms with E-state index in [2.05, 4.69) is 22.2 Å². The molecule has 0 spiro atoms. The first kappa shape index (κ1) is 12.9. The van der Waals surface area contributed by atoms with Crippen LogP contribution in [0.3, 0.4) is 0 Å². The van der Waals surface area contributed by atoms with Crippen molar-refractivity contribution < 1.29 is 0 Å². The minimum Gasteiger partial charge on any atom is -0.316 e. The highest BCUT2D eigenvalue weighted by Gasteiger charge is 2.34. The van der Waals surface area contributed by atoms with E-state index < -0.39 is 0 Å². The van der Waals surface area contributed by atoms with E-state index in [0.717, 1.165) is 18.0 Å². The van der Waals surface area contributed by atoms with Gasteiger partial charge in [0.1, 0.15) is 0 Å². The van der Waals surface area contributed by atoms with Crippen LogP contribution >= 0.6 is 0 Å². The van der Waals surface area contributed by atoms with Crippen molar-refractivity contribution in [2.45, 2.75) is 50.6 Å². The standard InChI is InChI=1S/C15H29N3/c1-17-14-4-5-15(17)12-18(10-7-14)9-6-13-3-2-8-16-11-13/h13-16H,2-12H2,1H3. The Bertz CT molecular complexity index is 262. The Morgan fingerprint density at radius 2 is 2.00 bits per heavy atom. The van der Waals surface area contributed by atoms with Crippen molar-refractivity contribution in [3.8, 4) is 0 Å². The fourth-order valence-corrected chi connectivity index (χ4v) is 4.12. The molecule has 18 heavy (non-hydrogen) atoms. The quantitative estimate of drug-likeness (QED) is 0.821. The fraction of sp³-hybridized carbons (Fsp3) is 1.00. The second kappa shape index (κ2) is 5.89. The average molecular weight is 251 g/mol. The van der Waals surface area contributed by atoms with Gasteiger partial charge in [0, 0.05) is 18.6 Å². The summed E-state index contributed by atoms with van der Waals surface area (Å²) in [5.41, 5.74) is 0. The lowest BCUT2D eigenvalue weighted by atomic mass is 9.96. The Hall–Kier alpha value is -0.120. The number of likely N-dealkylation sites (N-methyl/N-ethyl adjacent to an activating group) is 1. The van der Waals surface area contributed by atoms with Crippen LogP contribution in [0.5, 0.6) is 0 Å². The van der Waals surface area contributed by atoms with Crippen molar-refractivity contribution in [1.29, 1.82) is 0 Å². The summed E-state index contributed by atoms with van der Waals surface area (Å²) < 4.78 is 0. The molecule has 3 rings (SSSR count). The number of nitrogens with one attached hydrogen (secondary N) is 1. The largest absolute Gasteiger partial charge is 0.316 e. The van der Waals surface area contributed by atoms with Gasteiger partial charge in [0.15, 0.2) is 0 Å². The molecule has 3 heteroatoms. The molecule has 3 aliphatic heterocycles. The minimum absolute atomic E-state index is 0.849. The van der Waals surface area contributed by atoms with E-state index in [1.165, 1.54) is 71.2 Å². The lowest BCUT2D eigenvalue weighted by Crippen LogP contribution is -2.38. The third-order valence-electron chi connectivity index (χ3n) is 5.49. The number of hydrogen-bond acceptors (Lipinski definition) is 3. The molecule has 0 aromatic rings.